The number of allylic oxidation sites excluding steroid dienone is 1. The Labute approximate surface area is 216 Å². The van der Waals surface area contributed by atoms with E-state index in [1.165, 1.54) is 0 Å². The van der Waals surface area contributed by atoms with E-state index in [9.17, 15) is 24.9 Å². The van der Waals surface area contributed by atoms with E-state index in [2.05, 4.69) is 13.8 Å². The molecule has 1 aromatic heterocycles. The van der Waals surface area contributed by atoms with Crippen molar-refractivity contribution in [1.82, 2.24) is 4.57 Å². The average molecular weight is 506 g/mol. The molecule has 1 aromatic carbocycles. The Bertz CT molecular complexity index is 1400. The molecular weight excluding hydrogens is 470 g/mol. The zero-order valence-corrected chi connectivity index (χ0v) is 21.9. The van der Waals surface area contributed by atoms with Crippen molar-refractivity contribution >= 4 is 22.7 Å². The summed E-state index contributed by atoms with van der Waals surface area (Å²) >= 11 is 0. The lowest BCUT2D eigenvalue weighted by molar-refractivity contribution is -0.190. The molecule has 0 saturated heterocycles. The highest BCUT2D eigenvalue weighted by Crippen LogP contribution is 2.71. The fourth-order valence-electron chi connectivity index (χ4n) is 8.27. The van der Waals surface area contributed by atoms with Crippen LogP contribution in [0.5, 0.6) is 0 Å². The van der Waals surface area contributed by atoms with Crippen molar-refractivity contribution in [2.24, 2.45) is 41.5 Å². The van der Waals surface area contributed by atoms with Crippen molar-refractivity contribution in [2.75, 3.05) is 6.61 Å². The molecule has 2 saturated carbocycles. The van der Waals surface area contributed by atoms with Gasteiger partial charge in [-0.15, -0.1) is 0 Å². The van der Waals surface area contributed by atoms with Gasteiger partial charge in [0.05, 0.1) is 17.6 Å². The Morgan fingerprint density at radius 1 is 1.24 bits per heavy atom. The molecular formula is C30H35NO6. The predicted molar refractivity (Wildman–Crippen MR) is 137 cm³/mol. The Kier molecular flexibility index (Phi) is 5.08. The second-order valence-corrected chi connectivity index (χ2v) is 12.3. The van der Waals surface area contributed by atoms with E-state index < -0.39 is 41.7 Å². The maximum absolute atomic E-state index is 14.4. The van der Waals surface area contributed by atoms with Crippen LogP contribution >= 0.6 is 0 Å². The van der Waals surface area contributed by atoms with Crippen LogP contribution in [0.4, 0.5) is 0 Å². The standard InChI is InChI=1S/C30H35NO6/c1-15-12-29-16(2)10-21-23(28(21,3)4)19(25(29)34)11-17(14-32)24(33)30(29,36)26(15)37-27(35)20-13-31(5)22-9-7-6-8-18(20)22/h6-9,11-13,16,19,21,23-24,26,32-33,36H,10,14H2,1-5H3/t16-,19+,21-,23+,24-,26+,29+,30+/m1/s1. The summed E-state index contributed by atoms with van der Waals surface area (Å²) in [7, 11) is 1.84. The number of esters is 1. The van der Waals surface area contributed by atoms with Gasteiger partial charge in [0.25, 0.3) is 0 Å². The van der Waals surface area contributed by atoms with Gasteiger partial charge in [0.15, 0.2) is 17.5 Å². The molecule has 0 amide bonds. The number of aliphatic hydroxyl groups excluding tert-OH is 2. The van der Waals surface area contributed by atoms with Gasteiger partial charge < -0.3 is 24.6 Å². The number of nitrogens with zero attached hydrogens (tertiary/aromatic N) is 1. The third-order valence-corrected chi connectivity index (χ3v) is 10.2. The number of aliphatic hydroxyl groups is 3. The number of ketones is 1. The zero-order valence-electron chi connectivity index (χ0n) is 21.9. The summed E-state index contributed by atoms with van der Waals surface area (Å²) in [6, 6.07) is 7.47. The molecule has 4 aliphatic carbocycles. The lowest BCUT2D eigenvalue weighted by Gasteiger charge is -2.48. The van der Waals surface area contributed by atoms with Crippen molar-refractivity contribution in [3.63, 3.8) is 0 Å². The molecule has 7 heteroatoms. The van der Waals surface area contributed by atoms with Crippen LogP contribution in [-0.4, -0.2) is 56.1 Å². The highest BCUT2D eigenvalue weighted by atomic mass is 16.6. The van der Waals surface area contributed by atoms with Gasteiger partial charge in [-0.05, 0) is 53.7 Å². The van der Waals surface area contributed by atoms with Crippen LogP contribution in [0.3, 0.4) is 0 Å². The zero-order chi connectivity index (χ0) is 26.7. The van der Waals surface area contributed by atoms with E-state index in [-0.39, 0.29) is 34.5 Å². The Balaban J connectivity index is 1.47. The van der Waals surface area contributed by atoms with Crippen LogP contribution in [0, 0.1) is 34.5 Å². The summed E-state index contributed by atoms with van der Waals surface area (Å²) in [5, 5.41) is 35.2. The van der Waals surface area contributed by atoms with Gasteiger partial charge >= 0.3 is 5.97 Å². The molecule has 4 aliphatic rings. The third kappa shape index (κ3) is 2.88. The minimum absolute atomic E-state index is 0.0434. The number of para-hydroxylation sites is 1. The topological polar surface area (TPSA) is 109 Å². The number of carbonyl (C=O) groups excluding carboxylic acids is 2. The number of rotatable bonds is 3. The van der Waals surface area contributed by atoms with E-state index in [0.29, 0.717) is 17.6 Å². The second kappa shape index (κ2) is 7.65. The van der Waals surface area contributed by atoms with E-state index in [1.807, 2.05) is 42.8 Å². The van der Waals surface area contributed by atoms with Crippen LogP contribution < -0.4 is 0 Å². The van der Waals surface area contributed by atoms with Crippen LogP contribution in [0.2, 0.25) is 0 Å². The van der Waals surface area contributed by atoms with Crippen molar-refractivity contribution in [3.05, 3.63) is 59.3 Å². The van der Waals surface area contributed by atoms with Crippen LogP contribution in [-0.2, 0) is 16.6 Å². The summed E-state index contributed by atoms with van der Waals surface area (Å²) in [5.41, 5.74) is -1.69. The molecule has 0 aliphatic heterocycles. The Morgan fingerprint density at radius 3 is 2.65 bits per heavy atom. The first-order valence-electron chi connectivity index (χ1n) is 13.1. The van der Waals surface area contributed by atoms with Crippen molar-refractivity contribution in [1.29, 1.82) is 0 Å². The van der Waals surface area contributed by atoms with Crippen molar-refractivity contribution in [2.45, 2.75) is 51.9 Å². The maximum atomic E-state index is 14.4. The van der Waals surface area contributed by atoms with Crippen LogP contribution in [0.1, 0.15) is 44.5 Å². The number of ether oxygens (including phenoxy) is 1. The third-order valence-electron chi connectivity index (χ3n) is 10.2. The molecule has 0 unspecified atom stereocenters. The van der Waals surface area contributed by atoms with Gasteiger partial charge in [-0.25, -0.2) is 4.79 Å². The molecule has 6 rings (SSSR count). The number of Topliss-reactive ketones (excluding diaryl/α,β-unsaturated/α-hetero) is 1. The smallest absolute Gasteiger partial charge is 0.341 e. The van der Waals surface area contributed by atoms with Crippen molar-refractivity contribution in [3.8, 4) is 0 Å². The predicted octanol–water partition coefficient (Wildman–Crippen LogP) is 3.17. The lowest BCUT2D eigenvalue weighted by atomic mass is 9.59. The fraction of sp³-hybridized carbons (Fsp3) is 0.533. The summed E-state index contributed by atoms with van der Waals surface area (Å²) in [5.74, 6) is -1.28. The molecule has 2 aromatic rings. The summed E-state index contributed by atoms with van der Waals surface area (Å²) in [4.78, 5) is 28.0. The minimum atomic E-state index is -2.14. The van der Waals surface area contributed by atoms with E-state index in [1.54, 1.807) is 25.3 Å². The van der Waals surface area contributed by atoms with Gasteiger partial charge in [0.1, 0.15) is 6.10 Å². The molecule has 1 heterocycles. The van der Waals surface area contributed by atoms with Gasteiger partial charge in [0.2, 0.25) is 0 Å². The highest BCUT2D eigenvalue weighted by Gasteiger charge is 2.76. The number of hydrogen-bond donors (Lipinski definition) is 3. The largest absolute Gasteiger partial charge is 0.451 e. The van der Waals surface area contributed by atoms with Crippen molar-refractivity contribution < 1.29 is 29.6 Å². The summed E-state index contributed by atoms with van der Waals surface area (Å²) < 4.78 is 7.87. The van der Waals surface area contributed by atoms with E-state index in [4.69, 9.17) is 4.74 Å². The van der Waals surface area contributed by atoms with Gasteiger partial charge in [-0.3, -0.25) is 4.79 Å². The van der Waals surface area contributed by atoms with Gasteiger partial charge in [-0.1, -0.05) is 51.1 Å². The van der Waals surface area contributed by atoms with Gasteiger partial charge in [0, 0.05) is 30.1 Å². The molecule has 3 N–H and O–H groups in total. The molecule has 8 atom stereocenters. The van der Waals surface area contributed by atoms with Crippen LogP contribution in [0.25, 0.3) is 10.9 Å². The van der Waals surface area contributed by atoms with E-state index in [0.717, 1.165) is 10.9 Å². The minimum Gasteiger partial charge on any atom is -0.451 e. The number of carbonyl (C=O) groups is 2. The molecule has 0 radical (unpaired) electrons. The Morgan fingerprint density at radius 2 is 1.95 bits per heavy atom. The Hall–Kier alpha value is -2.74. The SMILES string of the molecule is CC1=C[C@]23C(=O)[C@@H](C=C(CO)[C@@H](O)[C@]2(O)[C@H]1OC(=O)c1cn(C)c2ccccc12)[C@H]1[C@@H](C[C@H]3C)C1(C)C. The summed E-state index contributed by atoms with van der Waals surface area (Å²) in [6.45, 7) is 7.50. The first-order valence-corrected chi connectivity index (χ1v) is 13.1. The first kappa shape index (κ1) is 24.6. The molecule has 2 bridgehead atoms. The normalized spacial score (nSPS) is 39.7. The molecule has 37 heavy (non-hydrogen) atoms. The number of aryl methyl sites for hydroxylation is 1. The number of fused-ring (bicyclic) bond motifs is 4. The quantitative estimate of drug-likeness (QED) is 0.437. The fourth-order valence-corrected chi connectivity index (χ4v) is 8.27. The van der Waals surface area contributed by atoms with Crippen LogP contribution in [0.15, 0.2) is 53.8 Å². The number of benzene rings is 1. The van der Waals surface area contributed by atoms with E-state index >= 15 is 0 Å². The summed E-state index contributed by atoms with van der Waals surface area (Å²) in [6.07, 6.45) is 3.01. The van der Waals surface area contributed by atoms with Gasteiger partial charge in [-0.2, -0.15) is 0 Å². The maximum Gasteiger partial charge on any atom is 0.341 e. The average Bonchev–Trinajstić information content (AvgIpc) is 3.15. The second-order valence-electron chi connectivity index (χ2n) is 12.3. The number of hydrogen-bond acceptors (Lipinski definition) is 6. The molecule has 7 nitrogen and oxygen atoms in total. The first-order chi connectivity index (χ1) is 17.4. The number of aromatic nitrogens is 1. The molecule has 196 valence electrons. The molecule has 2 fully saturated rings. The molecule has 1 spiro atoms. The highest BCUT2D eigenvalue weighted by molar-refractivity contribution is 6.04. The lowest BCUT2D eigenvalue weighted by Crippen LogP contribution is -2.65. The monoisotopic (exact) mass is 505 g/mol.